The summed E-state index contributed by atoms with van der Waals surface area (Å²) in [4.78, 5) is 31.3. The molecule has 2 aromatic carbocycles. The highest BCUT2D eigenvalue weighted by atomic mass is 32.2. The van der Waals surface area contributed by atoms with Crippen molar-refractivity contribution in [3.05, 3.63) is 94.3 Å². The van der Waals surface area contributed by atoms with Crippen molar-refractivity contribution in [2.45, 2.75) is 12.8 Å². The van der Waals surface area contributed by atoms with Gasteiger partial charge in [0, 0.05) is 33.4 Å². The van der Waals surface area contributed by atoms with Gasteiger partial charge >= 0.3 is 0 Å². The topological polar surface area (TPSA) is 94.4 Å². The van der Waals surface area contributed by atoms with Crippen LogP contribution in [0.1, 0.15) is 17.7 Å². The summed E-state index contributed by atoms with van der Waals surface area (Å²) in [6.45, 7) is 1.78. The molecule has 0 saturated carbocycles. The zero-order valence-electron chi connectivity index (χ0n) is 18.4. The number of amides is 2. The molecule has 2 heterocycles. The zero-order chi connectivity index (χ0) is 23.9. The number of allylic oxidation sites excluding steroid dienone is 1. The van der Waals surface area contributed by atoms with Crippen molar-refractivity contribution in [3.63, 3.8) is 0 Å². The van der Waals surface area contributed by atoms with Crippen LogP contribution in [0.5, 0.6) is 0 Å². The van der Waals surface area contributed by atoms with Crippen LogP contribution in [-0.4, -0.2) is 22.6 Å². The van der Waals surface area contributed by atoms with E-state index in [1.807, 2.05) is 78.2 Å². The Bertz CT molecular complexity index is 1260. The molecule has 34 heavy (non-hydrogen) atoms. The van der Waals surface area contributed by atoms with Crippen LogP contribution in [0.25, 0.3) is 0 Å². The molecule has 2 atom stereocenters. The molecule has 0 aliphatic carbocycles. The van der Waals surface area contributed by atoms with Gasteiger partial charge in [-0.2, -0.15) is 5.26 Å². The third-order valence-electron chi connectivity index (χ3n) is 5.25. The third-order valence-corrected chi connectivity index (χ3v) is 7.25. The van der Waals surface area contributed by atoms with E-state index in [2.05, 4.69) is 21.7 Å². The smallest absolute Gasteiger partial charge is 0.254 e. The van der Waals surface area contributed by atoms with Crippen molar-refractivity contribution in [2.24, 2.45) is 10.9 Å². The number of benzene rings is 2. The summed E-state index contributed by atoms with van der Waals surface area (Å²) in [7, 11) is 0. The summed E-state index contributed by atoms with van der Waals surface area (Å²) in [5.74, 6) is -1.49. The van der Waals surface area contributed by atoms with E-state index in [1.54, 1.807) is 6.92 Å². The first-order valence-electron chi connectivity index (χ1n) is 10.6. The summed E-state index contributed by atoms with van der Waals surface area (Å²) < 4.78 is 0. The maximum absolute atomic E-state index is 13.3. The summed E-state index contributed by atoms with van der Waals surface area (Å²) in [5.41, 5.74) is 2.40. The molecule has 170 valence electrons. The minimum Gasteiger partial charge on any atom is -0.325 e. The van der Waals surface area contributed by atoms with E-state index in [0.717, 1.165) is 4.88 Å². The fourth-order valence-corrected chi connectivity index (χ4v) is 5.53. The highest BCUT2D eigenvalue weighted by Crippen LogP contribution is 2.43. The molecule has 0 radical (unpaired) electrons. The number of anilines is 2. The van der Waals surface area contributed by atoms with Crippen LogP contribution in [0, 0.1) is 17.2 Å². The van der Waals surface area contributed by atoms with Gasteiger partial charge < -0.3 is 10.6 Å². The first-order valence-corrected chi connectivity index (χ1v) is 12.5. The van der Waals surface area contributed by atoms with Crippen molar-refractivity contribution in [1.29, 1.82) is 5.26 Å². The van der Waals surface area contributed by atoms with E-state index in [0.29, 0.717) is 27.7 Å². The van der Waals surface area contributed by atoms with Crippen LogP contribution in [0.2, 0.25) is 0 Å². The molecule has 1 aliphatic heterocycles. The molecule has 0 bridgehead atoms. The number of nitrogens with zero attached hydrogens (tertiary/aromatic N) is 2. The molecule has 1 aliphatic rings. The predicted octanol–water partition coefficient (Wildman–Crippen LogP) is 5.67. The molecule has 2 N–H and O–H groups in total. The number of aliphatic imine (C=N–C) groups is 1. The number of para-hydroxylation sites is 2. The Hall–Kier alpha value is -3.67. The van der Waals surface area contributed by atoms with E-state index >= 15 is 0 Å². The Kier molecular flexibility index (Phi) is 7.58. The van der Waals surface area contributed by atoms with Gasteiger partial charge in [0.25, 0.3) is 5.91 Å². The maximum Gasteiger partial charge on any atom is 0.254 e. The molecular weight excluding hydrogens is 464 g/mol. The Morgan fingerprint density at radius 2 is 1.65 bits per heavy atom. The average molecular weight is 487 g/mol. The lowest BCUT2D eigenvalue weighted by atomic mass is 9.82. The van der Waals surface area contributed by atoms with E-state index in [4.69, 9.17) is 0 Å². The predicted molar refractivity (Wildman–Crippen MR) is 139 cm³/mol. The number of carbonyl (C=O) groups excluding carboxylic acids is 2. The Morgan fingerprint density at radius 1 is 1.00 bits per heavy atom. The average Bonchev–Trinajstić information content (AvgIpc) is 3.38. The monoisotopic (exact) mass is 486 g/mol. The van der Waals surface area contributed by atoms with E-state index in [-0.39, 0.29) is 17.6 Å². The fraction of sp³-hybridized carbons (Fsp3) is 0.154. The lowest BCUT2D eigenvalue weighted by Crippen LogP contribution is -2.31. The van der Waals surface area contributed by atoms with Gasteiger partial charge in [-0.15, -0.1) is 11.3 Å². The third kappa shape index (κ3) is 5.45. The van der Waals surface area contributed by atoms with Crippen LogP contribution in [-0.2, 0) is 9.59 Å². The van der Waals surface area contributed by atoms with Crippen molar-refractivity contribution >= 4 is 51.3 Å². The lowest BCUT2D eigenvalue weighted by molar-refractivity contribution is -0.114. The molecule has 3 aromatic rings. The summed E-state index contributed by atoms with van der Waals surface area (Å²) in [5, 5.41) is 18.4. The normalized spacial score (nSPS) is 17.5. The van der Waals surface area contributed by atoms with Crippen molar-refractivity contribution in [2.75, 3.05) is 16.4 Å². The molecule has 0 saturated heterocycles. The minimum atomic E-state index is -0.673. The van der Waals surface area contributed by atoms with Crippen molar-refractivity contribution in [1.82, 2.24) is 0 Å². The number of hydrogen-bond acceptors (Lipinski definition) is 6. The van der Waals surface area contributed by atoms with E-state index in [9.17, 15) is 14.9 Å². The number of hydrogen-bond donors (Lipinski definition) is 2. The number of thiophene rings is 1. The number of nitriles is 1. The maximum atomic E-state index is 13.3. The quantitative estimate of drug-likeness (QED) is 0.469. The van der Waals surface area contributed by atoms with Gasteiger partial charge in [-0.1, -0.05) is 54.2 Å². The van der Waals surface area contributed by atoms with Crippen molar-refractivity contribution in [3.8, 4) is 6.07 Å². The van der Waals surface area contributed by atoms with Gasteiger partial charge in [0.05, 0.1) is 16.9 Å². The Labute approximate surface area is 206 Å². The highest BCUT2D eigenvalue weighted by Gasteiger charge is 2.39. The SMILES string of the molecule is CC1=C(C(=O)Nc2ccccc2)C(c2cccs2)C(C#N)C(SCC(=O)Nc2ccccc2)=N1. The first kappa shape index (κ1) is 23.5. The summed E-state index contributed by atoms with van der Waals surface area (Å²) in [6.07, 6.45) is 0. The van der Waals surface area contributed by atoms with Crippen LogP contribution >= 0.6 is 23.1 Å². The van der Waals surface area contributed by atoms with E-state index in [1.165, 1.54) is 23.1 Å². The Balaban J connectivity index is 1.60. The molecule has 1 aromatic heterocycles. The molecule has 8 heteroatoms. The van der Waals surface area contributed by atoms with E-state index < -0.39 is 11.8 Å². The van der Waals surface area contributed by atoms with Crippen LogP contribution < -0.4 is 10.6 Å². The summed E-state index contributed by atoms with van der Waals surface area (Å²) in [6, 6.07) is 24.6. The van der Waals surface area contributed by atoms with Gasteiger partial charge in [0.15, 0.2) is 0 Å². The number of nitrogens with one attached hydrogen (secondary N) is 2. The second-order valence-corrected chi connectivity index (χ2v) is 9.55. The molecule has 2 unspecified atom stereocenters. The summed E-state index contributed by atoms with van der Waals surface area (Å²) >= 11 is 2.73. The van der Waals surface area contributed by atoms with Crippen LogP contribution in [0.3, 0.4) is 0 Å². The number of rotatable bonds is 6. The molecule has 4 rings (SSSR count). The Morgan fingerprint density at radius 3 is 2.24 bits per heavy atom. The standard InChI is InChI=1S/C26H22N4O2S2/c1-17-23(25(32)30-19-11-6-3-7-12-19)24(21-13-8-14-33-21)20(15-27)26(28-17)34-16-22(31)29-18-9-4-2-5-10-18/h2-14,20,24H,16H2,1H3,(H,29,31)(H,30,32). The second-order valence-electron chi connectivity index (χ2n) is 7.57. The molecule has 6 nitrogen and oxygen atoms in total. The highest BCUT2D eigenvalue weighted by molar-refractivity contribution is 8.14. The molecule has 0 spiro atoms. The molecule has 0 fully saturated rings. The van der Waals surface area contributed by atoms with Crippen LogP contribution in [0.15, 0.2) is 94.4 Å². The zero-order valence-corrected chi connectivity index (χ0v) is 20.0. The van der Waals surface area contributed by atoms with Crippen molar-refractivity contribution < 1.29 is 9.59 Å². The van der Waals surface area contributed by atoms with Gasteiger partial charge in [0.2, 0.25) is 5.91 Å². The number of carbonyl (C=O) groups is 2. The molecular formula is C26H22N4O2S2. The van der Waals surface area contributed by atoms with Gasteiger partial charge in [-0.05, 0) is 42.6 Å². The largest absolute Gasteiger partial charge is 0.325 e. The minimum absolute atomic E-state index is 0.113. The number of thioether (sulfide) groups is 1. The van der Waals surface area contributed by atoms with Crippen LogP contribution in [0.4, 0.5) is 11.4 Å². The van der Waals surface area contributed by atoms with Gasteiger partial charge in [-0.3, -0.25) is 9.59 Å². The van der Waals surface area contributed by atoms with Gasteiger partial charge in [0.1, 0.15) is 5.92 Å². The lowest BCUT2D eigenvalue weighted by Gasteiger charge is -2.29. The fourth-order valence-electron chi connectivity index (χ4n) is 3.74. The van der Waals surface area contributed by atoms with Gasteiger partial charge in [-0.25, -0.2) is 4.99 Å². The molecule has 2 amide bonds. The second kappa shape index (κ2) is 11.0. The first-order chi connectivity index (χ1) is 16.6.